The van der Waals surface area contributed by atoms with E-state index in [1.54, 1.807) is 11.8 Å². The van der Waals surface area contributed by atoms with Crippen molar-refractivity contribution in [1.29, 1.82) is 0 Å². The van der Waals surface area contributed by atoms with Gasteiger partial charge in [0.2, 0.25) is 0 Å². The van der Waals surface area contributed by atoms with Crippen LogP contribution >= 0.6 is 11.8 Å². The van der Waals surface area contributed by atoms with Gasteiger partial charge in [-0.05, 0) is 18.6 Å². The molecule has 2 rings (SSSR count). The molecule has 0 aromatic carbocycles. The Balaban J connectivity index is 2.04. The minimum atomic E-state index is -0.501. The lowest BCUT2D eigenvalue weighted by atomic mass is 9.97. The van der Waals surface area contributed by atoms with E-state index in [1.807, 2.05) is 0 Å². The van der Waals surface area contributed by atoms with Crippen molar-refractivity contribution in [2.45, 2.75) is 89.1 Å². The van der Waals surface area contributed by atoms with Crippen molar-refractivity contribution in [3.05, 3.63) is 0 Å². The molecule has 1 aliphatic heterocycles. The van der Waals surface area contributed by atoms with Gasteiger partial charge in [-0.15, -0.1) is 0 Å². The molecule has 6 nitrogen and oxygen atoms in total. The van der Waals surface area contributed by atoms with Crippen LogP contribution in [0, 0.1) is 0 Å². The molecule has 25 heavy (non-hydrogen) atoms. The summed E-state index contributed by atoms with van der Waals surface area (Å²) in [5, 5.41) is 0.0665. The lowest BCUT2D eigenvalue weighted by molar-refractivity contribution is -0.251. The van der Waals surface area contributed by atoms with Crippen molar-refractivity contribution < 1.29 is 28.5 Å². The zero-order chi connectivity index (χ0) is 18.2. The Kier molecular flexibility index (Phi) is 8.52. The summed E-state index contributed by atoms with van der Waals surface area (Å²) >= 11 is 1.73. The Morgan fingerprint density at radius 2 is 1.84 bits per heavy atom. The molecule has 0 aromatic heterocycles. The fourth-order valence-corrected chi connectivity index (χ4v) is 4.59. The normalized spacial score (nSPS) is 30.7. The Labute approximate surface area is 154 Å². The van der Waals surface area contributed by atoms with Gasteiger partial charge in [-0.25, -0.2) is 0 Å². The topological polar surface area (TPSA) is 71.1 Å². The van der Waals surface area contributed by atoms with Crippen LogP contribution in [0.1, 0.15) is 59.3 Å². The standard InChI is InChI=1S/C18H30O6S/c1-4-25-16-10-17(23-14-8-6-5-7-9-14)24-15(11-21-12(2)19)18(16)22-13(3)20/h14-18H,4-11H2,1-3H3/t15-,16-,17+,18-/m1/s1. The molecule has 144 valence electrons. The maximum absolute atomic E-state index is 11.5. The molecule has 0 bridgehead atoms. The third-order valence-electron chi connectivity index (χ3n) is 4.51. The van der Waals surface area contributed by atoms with Gasteiger partial charge in [-0.1, -0.05) is 26.2 Å². The highest BCUT2D eigenvalue weighted by Gasteiger charge is 2.42. The van der Waals surface area contributed by atoms with Gasteiger partial charge in [-0.3, -0.25) is 9.59 Å². The molecule has 0 amide bonds. The van der Waals surface area contributed by atoms with Crippen LogP contribution in [0.5, 0.6) is 0 Å². The van der Waals surface area contributed by atoms with Crippen molar-refractivity contribution in [2.75, 3.05) is 12.4 Å². The van der Waals surface area contributed by atoms with E-state index in [0.717, 1.165) is 18.6 Å². The van der Waals surface area contributed by atoms with E-state index in [2.05, 4.69) is 6.92 Å². The van der Waals surface area contributed by atoms with Gasteiger partial charge in [0.1, 0.15) is 18.8 Å². The maximum atomic E-state index is 11.5. The van der Waals surface area contributed by atoms with Crippen LogP contribution in [-0.4, -0.2) is 54.2 Å². The molecule has 0 N–H and O–H groups in total. The zero-order valence-corrected chi connectivity index (χ0v) is 16.2. The molecule has 0 radical (unpaired) electrons. The minimum absolute atomic E-state index is 0.0665. The third kappa shape index (κ3) is 6.79. The van der Waals surface area contributed by atoms with Gasteiger partial charge >= 0.3 is 11.9 Å². The molecule has 4 atom stereocenters. The molecule has 7 heteroatoms. The fraction of sp³-hybridized carbons (Fsp3) is 0.889. The summed E-state index contributed by atoms with van der Waals surface area (Å²) in [5.74, 6) is 0.175. The molecule has 2 aliphatic rings. The van der Waals surface area contributed by atoms with Crippen molar-refractivity contribution in [2.24, 2.45) is 0 Å². The monoisotopic (exact) mass is 374 g/mol. The summed E-state index contributed by atoms with van der Waals surface area (Å²) in [7, 11) is 0. The van der Waals surface area contributed by atoms with Crippen LogP contribution in [0.3, 0.4) is 0 Å². The Morgan fingerprint density at radius 1 is 1.12 bits per heavy atom. The number of carbonyl (C=O) groups excluding carboxylic acids is 2. The van der Waals surface area contributed by atoms with Crippen LogP contribution in [0.25, 0.3) is 0 Å². The fourth-order valence-electron chi connectivity index (χ4n) is 3.45. The van der Waals surface area contributed by atoms with E-state index in [4.69, 9.17) is 18.9 Å². The summed E-state index contributed by atoms with van der Waals surface area (Å²) < 4.78 is 22.9. The van der Waals surface area contributed by atoms with E-state index >= 15 is 0 Å². The summed E-state index contributed by atoms with van der Waals surface area (Å²) in [5.41, 5.74) is 0. The quantitative estimate of drug-likeness (QED) is 0.634. The number of carbonyl (C=O) groups is 2. The van der Waals surface area contributed by atoms with E-state index in [-0.39, 0.29) is 36.2 Å². The highest BCUT2D eigenvalue weighted by molar-refractivity contribution is 7.99. The number of esters is 2. The number of thioether (sulfide) groups is 1. The number of hydrogen-bond acceptors (Lipinski definition) is 7. The average Bonchev–Trinajstić information content (AvgIpc) is 2.56. The van der Waals surface area contributed by atoms with E-state index in [9.17, 15) is 9.59 Å². The molecular formula is C18H30O6S. The Hall–Kier alpha value is -0.790. The molecule has 2 fully saturated rings. The first kappa shape index (κ1) is 20.5. The highest BCUT2D eigenvalue weighted by atomic mass is 32.2. The SMILES string of the molecule is CCS[C@@H]1C[C@@H](OC2CCCCC2)O[C@H](COC(C)=O)[C@H]1OC(C)=O. The molecular weight excluding hydrogens is 344 g/mol. The van der Waals surface area contributed by atoms with Gasteiger partial charge in [0.05, 0.1) is 6.10 Å². The van der Waals surface area contributed by atoms with Crippen molar-refractivity contribution >= 4 is 23.7 Å². The van der Waals surface area contributed by atoms with Crippen molar-refractivity contribution in [3.63, 3.8) is 0 Å². The highest BCUT2D eigenvalue weighted by Crippen LogP contribution is 2.34. The second kappa shape index (κ2) is 10.4. The van der Waals surface area contributed by atoms with Crippen LogP contribution in [0.4, 0.5) is 0 Å². The van der Waals surface area contributed by atoms with Gasteiger partial charge in [0.15, 0.2) is 6.29 Å². The molecule has 1 saturated heterocycles. The molecule has 1 saturated carbocycles. The molecule has 1 aliphatic carbocycles. The van der Waals surface area contributed by atoms with Gasteiger partial charge in [-0.2, -0.15) is 11.8 Å². The number of ether oxygens (including phenoxy) is 4. The van der Waals surface area contributed by atoms with E-state index in [0.29, 0.717) is 6.42 Å². The largest absolute Gasteiger partial charge is 0.463 e. The predicted molar refractivity (Wildman–Crippen MR) is 95.3 cm³/mol. The van der Waals surface area contributed by atoms with E-state index in [1.165, 1.54) is 33.1 Å². The second-order valence-electron chi connectivity index (χ2n) is 6.61. The van der Waals surface area contributed by atoms with Crippen LogP contribution in [0.2, 0.25) is 0 Å². The lowest BCUT2D eigenvalue weighted by Crippen LogP contribution is -2.52. The third-order valence-corrected chi connectivity index (χ3v) is 5.74. The van der Waals surface area contributed by atoms with Crippen LogP contribution in [0.15, 0.2) is 0 Å². The summed E-state index contributed by atoms with van der Waals surface area (Å²) in [6.07, 6.45) is 5.39. The van der Waals surface area contributed by atoms with Gasteiger partial charge in [0, 0.05) is 25.5 Å². The van der Waals surface area contributed by atoms with Crippen molar-refractivity contribution in [3.8, 4) is 0 Å². The lowest BCUT2D eigenvalue weighted by Gasteiger charge is -2.41. The van der Waals surface area contributed by atoms with Gasteiger partial charge < -0.3 is 18.9 Å². The van der Waals surface area contributed by atoms with Gasteiger partial charge in [0.25, 0.3) is 0 Å². The number of hydrogen-bond donors (Lipinski definition) is 0. The summed E-state index contributed by atoms with van der Waals surface area (Å²) in [6.45, 7) is 4.89. The first-order chi connectivity index (χ1) is 12.0. The summed E-state index contributed by atoms with van der Waals surface area (Å²) in [6, 6.07) is 0. The first-order valence-corrected chi connectivity index (χ1v) is 10.3. The zero-order valence-electron chi connectivity index (χ0n) is 15.4. The molecule has 0 spiro atoms. The smallest absolute Gasteiger partial charge is 0.303 e. The van der Waals surface area contributed by atoms with Crippen molar-refractivity contribution in [1.82, 2.24) is 0 Å². The molecule has 0 aromatic rings. The average molecular weight is 374 g/mol. The predicted octanol–water partition coefficient (Wildman–Crippen LogP) is 3.07. The maximum Gasteiger partial charge on any atom is 0.303 e. The Bertz CT molecular complexity index is 437. The van der Waals surface area contributed by atoms with Crippen LogP contribution < -0.4 is 0 Å². The van der Waals surface area contributed by atoms with Crippen LogP contribution in [-0.2, 0) is 28.5 Å². The summed E-state index contributed by atoms with van der Waals surface area (Å²) in [4.78, 5) is 22.7. The molecule has 1 heterocycles. The first-order valence-electron chi connectivity index (χ1n) is 9.22. The minimum Gasteiger partial charge on any atom is -0.463 e. The second-order valence-corrected chi connectivity index (χ2v) is 8.12. The molecule has 0 unspecified atom stereocenters. The van der Waals surface area contributed by atoms with E-state index < -0.39 is 12.2 Å². The number of rotatable bonds is 7. The Morgan fingerprint density at radius 3 is 2.44 bits per heavy atom.